The van der Waals surface area contributed by atoms with Gasteiger partial charge in [0.1, 0.15) is 24.2 Å². The van der Waals surface area contributed by atoms with E-state index in [0.29, 0.717) is 6.54 Å². The Morgan fingerprint density at radius 3 is 2.23 bits per heavy atom. The summed E-state index contributed by atoms with van der Waals surface area (Å²) in [7, 11) is 1.62. The minimum Gasteiger partial charge on any atom is -0.497 e. The lowest BCUT2D eigenvalue weighted by atomic mass is 10.2. The zero-order valence-corrected chi connectivity index (χ0v) is 13.1. The van der Waals surface area contributed by atoms with Crippen molar-refractivity contribution in [3.8, 4) is 11.5 Å². The van der Waals surface area contributed by atoms with Crippen LogP contribution in [0.4, 0.5) is 0 Å². The van der Waals surface area contributed by atoms with Crippen molar-refractivity contribution in [1.82, 2.24) is 9.80 Å². The highest BCUT2D eigenvalue weighted by Crippen LogP contribution is 2.17. The lowest BCUT2D eigenvalue weighted by Gasteiger charge is -2.35. The molecule has 1 aliphatic heterocycles. The predicted octanol–water partition coefficient (Wildman–Crippen LogP) is 0.0448. The third kappa shape index (κ3) is 5.46. The summed E-state index contributed by atoms with van der Waals surface area (Å²) in [6, 6.07) is 7.34. The topological polar surface area (TPSA) is 65.4 Å². The zero-order chi connectivity index (χ0) is 15.8. The van der Waals surface area contributed by atoms with E-state index in [4.69, 9.17) is 14.6 Å². The molecule has 2 rings (SSSR count). The van der Waals surface area contributed by atoms with E-state index in [1.54, 1.807) is 7.11 Å². The predicted molar refractivity (Wildman–Crippen MR) is 84.5 cm³/mol. The van der Waals surface area contributed by atoms with Crippen LogP contribution in [0.25, 0.3) is 0 Å². The van der Waals surface area contributed by atoms with Crippen LogP contribution >= 0.6 is 0 Å². The molecule has 6 heteroatoms. The van der Waals surface area contributed by atoms with Gasteiger partial charge in [-0.1, -0.05) is 0 Å². The van der Waals surface area contributed by atoms with Gasteiger partial charge in [0.25, 0.3) is 0 Å². The molecule has 0 radical (unpaired) electrons. The smallest absolute Gasteiger partial charge is 0.119 e. The monoisotopic (exact) mass is 310 g/mol. The Balaban J connectivity index is 1.66. The van der Waals surface area contributed by atoms with Crippen molar-refractivity contribution in [2.24, 2.45) is 0 Å². The molecular formula is C16H26N2O4. The van der Waals surface area contributed by atoms with E-state index in [2.05, 4.69) is 9.80 Å². The molecule has 1 aromatic rings. The molecule has 1 aliphatic rings. The number of rotatable bonds is 8. The van der Waals surface area contributed by atoms with Gasteiger partial charge in [0, 0.05) is 39.3 Å². The van der Waals surface area contributed by atoms with E-state index in [1.165, 1.54) is 0 Å². The van der Waals surface area contributed by atoms with E-state index in [-0.39, 0.29) is 13.2 Å². The number of piperazine rings is 1. The first-order valence-electron chi connectivity index (χ1n) is 7.71. The molecule has 0 saturated carbocycles. The second-order valence-electron chi connectivity index (χ2n) is 5.51. The van der Waals surface area contributed by atoms with Crippen molar-refractivity contribution >= 4 is 0 Å². The Hall–Kier alpha value is -1.34. The molecule has 6 nitrogen and oxygen atoms in total. The molecule has 22 heavy (non-hydrogen) atoms. The SMILES string of the molecule is COc1ccc(OC[C@@H](O)CN2CCN(CCO)CC2)cc1. The van der Waals surface area contributed by atoms with Crippen molar-refractivity contribution in [2.45, 2.75) is 6.10 Å². The van der Waals surface area contributed by atoms with E-state index in [1.807, 2.05) is 24.3 Å². The van der Waals surface area contributed by atoms with Gasteiger partial charge in [-0.3, -0.25) is 9.80 Å². The van der Waals surface area contributed by atoms with Crippen molar-refractivity contribution in [3.63, 3.8) is 0 Å². The van der Waals surface area contributed by atoms with Crippen LogP contribution in [0.2, 0.25) is 0 Å². The number of aliphatic hydroxyl groups excluding tert-OH is 2. The minimum atomic E-state index is -0.508. The van der Waals surface area contributed by atoms with Gasteiger partial charge in [-0.05, 0) is 24.3 Å². The largest absolute Gasteiger partial charge is 0.497 e. The highest BCUT2D eigenvalue weighted by molar-refractivity contribution is 5.31. The Bertz CT molecular complexity index is 419. The fourth-order valence-corrected chi connectivity index (χ4v) is 2.55. The van der Waals surface area contributed by atoms with Gasteiger partial charge in [-0.25, -0.2) is 0 Å². The number of hydrogen-bond donors (Lipinski definition) is 2. The molecule has 0 aromatic heterocycles. The van der Waals surface area contributed by atoms with Gasteiger partial charge in [0.15, 0.2) is 0 Å². The molecule has 1 heterocycles. The maximum Gasteiger partial charge on any atom is 0.119 e. The van der Waals surface area contributed by atoms with Gasteiger partial charge < -0.3 is 19.7 Å². The Kier molecular flexibility index (Phi) is 6.92. The second-order valence-corrected chi connectivity index (χ2v) is 5.51. The molecule has 1 saturated heterocycles. The maximum atomic E-state index is 10.1. The lowest BCUT2D eigenvalue weighted by Crippen LogP contribution is -2.49. The van der Waals surface area contributed by atoms with Gasteiger partial charge in [0.2, 0.25) is 0 Å². The molecule has 0 unspecified atom stereocenters. The fraction of sp³-hybridized carbons (Fsp3) is 0.625. The van der Waals surface area contributed by atoms with Crippen LogP contribution in [0, 0.1) is 0 Å². The first kappa shape index (κ1) is 17.0. The van der Waals surface area contributed by atoms with Crippen LogP contribution < -0.4 is 9.47 Å². The van der Waals surface area contributed by atoms with E-state index < -0.39 is 6.10 Å². The molecule has 0 amide bonds. The molecule has 124 valence electrons. The minimum absolute atomic E-state index is 0.207. The Morgan fingerprint density at radius 1 is 1.05 bits per heavy atom. The van der Waals surface area contributed by atoms with E-state index in [9.17, 15) is 5.11 Å². The molecule has 0 bridgehead atoms. The summed E-state index contributed by atoms with van der Waals surface area (Å²) in [6.07, 6.45) is -0.508. The highest BCUT2D eigenvalue weighted by atomic mass is 16.5. The average molecular weight is 310 g/mol. The molecule has 1 fully saturated rings. The molecule has 1 atom stereocenters. The third-order valence-electron chi connectivity index (χ3n) is 3.85. The summed E-state index contributed by atoms with van der Waals surface area (Å²) in [5.74, 6) is 1.52. The number of aliphatic hydroxyl groups is 2. The highest BCUT2D eigenvalue weighted by Gasteiger charge is 2.19. The van der Waals surface area contributed by atoms with Gasteiger partial charge in [0.05, 0.1) is 13.7 Å². The number of methoxy groups -OCH3 is 1. The van der Waals surface area contributed by atoms with Crippen LogP contribution in [-0.4, -0.2) is 85.7 Å². The summed E-state index contributed by atoms with van der Waals surface area (Å²) < 4.78 is 10.7. The summed E-state index contributed by atoms with van der Waals surface area (Å²) >= 11 is 0. The van der Waals surface area contributed by atoms with Crippen molar-refractivity contribution in [3.05, 3.63) is 24.3 Å². The normalized spacial score (nSPS) is 18.1. The quantitative estimate of drug-likeness (QED) is 0.707. The molecule has 2 N–H and O–H groups in total. The van der Waals surface area contributed by atoms with Crippen molar-refractivity contribution in [1.29, 1.82) is 0 Å². The molecular weight excluding hydrogens is 284 g/mol. The molecule has 1 aromatic carbocycles. The summed E-state index contributed by atoms with van der Waals surface area (Å²) in [5.41, 5.74) is 0. The number of hydrogen-bond acceptors (Lipinski definition) is 6. The first-order valence-corrected chi connectivity index (χ1v) is 7.71. The van der Waals surface area contributed by atoms with Crippen LogP contribution in [0.15, 0.2) is 24.3 Å². The van der Waals surface area contributed by atoms with Crippen molar-refractivity contribution < 1.29 is 19.7 Å². The van der Waals surface area contributed by atoms with Gasteiger partial charge >= 0.3 is 0 Å². The number of nitrogens with zero attached hydrogens (tertiary/aromatic N) is 2. The summed E-state index contributed by atoms with van der Waals surface area (Å²) in [4.78, 5) is 4.46. The van der Waals surface area contributed by atoms with Crippen molar-refractivity contribution in [2.75, 3.05) is 59.6 Å². The van der Waals surface area contributed by atoms with Gasteiger partial charge in [-0.15, -0.1) is 0 Å². The summed E-state index contributed by atoms with van der Waals surface area (Å²) in [5, 5.41) is 19.0. The number of ether oxygens (including phenoxy) is 2. The zero-order valence-electron chi connectivity index (χ0n) is 13.1. The third-order valence-corrected chi connectivity index (χ3v) is 3.85. The van der Waals surface area contributed by atoms with E-state index in [0.717, 1.165) is 44.2 Å². The average Bonchev–Trinajstić information content (AvgIpc) is 2.55. The second kappa shape index (κ2) is 8.95. The van der Waals surface area contributed by atoms with Crippen LogP contribution in [0.3, 0.4) is 0 Å². The van der Waals surface area contributed by atoms with Crippen LogP contribution in [0.1, 0.15) is 0 Å². The standard InChI is InChI=1S/C16H26N2O4/c1-21-15-2-4-16(5-3-15)22-13-14(20)12-18-8-6-17(7-9-18)10-11-19/h2-5,14,19-20H,6-13H2,1H3/t14-/m0/s1. The number of benzene rings is 1. The lowest BCUT2D eigenvalue weighted by molar-refractivity contribution is 0.0428. The Labute approximate surface area is 131 Å². The number of β-amino-alcohol motifs (C(OH)–C–C–N with tert-alkyl or cyclic N) is 2. The first-order chi connectivity index (χ1) is 10.7. The van der Waals surface area contributed by atoms with Crippen LogP contribution in [0.5, 0.6) is 11.5 Å². The van der Waals surface area contributed by atoms with Gasteiger partial charge in [-0.2, -0.15) is 0 Å². The molecule has 0 aliphatic carbocycles. The van der Waals surface area contributed by atoms with Crippen LogP contribution in [-0.2, 0) is 0 Å². The van der Waals surface area contributed by atoms with E-state index >= 15 is 0 Å². The molecule has 0 spiro atoms. The Morgan fingerprint density at radius 2 is 1.64 bits per heavy atom. The fourth-order valence-electron chi connectivity index (χ4n) is 2.55. The summed E-state index contributed by atoms with van der Waals surface area (Å²) in [6.45, 7) is 5.54. The maximum absolute atomic E-state index is 10.1.